The third-order valence-corrected chi connectivity index (χ3v) is 2.12. The molecule has 108 valence electrons. The number of hydrogen-bond acceptors (Lipinski definition) is 7. The molecule has 0 radical (unpaired) electrons. The van der Waals surface area contributed by atoms with Gasteiger partial charge in [-0.05, 0) is 13.0 Å². The Balaban J connectivity index is 2.95. The van der Waals surface area contributed by atoms with Gasteiger partial charge in [0.05, 0.1) is 24.9 Å². The molecule has 0 aliphatic heterocycles. The van der Waals surface area contributed by atoms with Crippen molar-refractivity contribution in [3.63, 3.8) is 0 Å². The van der Waals surface area contributed by atoms with Crippen molar-refractivity contribution in [2.24, 2.45) is 5.10 Å². The first-order valence-electron chi connectivity index (χ1n) is 5.48. The second-order valence-electron chi connectivity index (χ2n) is 3.42. The summed E-state index contributed by atoms with van der Waals surface area (Å²) in [5.41, 5.74) is 1.64. The second-order valence-corrected chi connectivity index (χ2v) is 3.42. The molecule has 1 aromatic carbocycles. The highest BCUT2D eigenvalue weighted by atomic mass is 16.6. The molecule has 1 amide bonds. The van der Waals surface area contributed by atoms with Crippen LogP contribution < -0.4 is 15.3 Å². The molecule has 1 rings (SSSR count). The Labute approximate surface area is 114 Å². The number of carbonyl (C=O) groups is 1. The third kappa shape index (κ3) is 3.83. The highest BCUT2D eigenvalue weighted by Crippen LogP contribution is 2.33. The van der Waals surface area contributed by atoms with Crippen LogP contribution in [0.5, 0.6) is 11.5 Å². The van der Waals surface area contributed by atoms with Gasteiger partial charge in [0.25, 0.3) is 5.69 Å². The Hall–Kier alpha value is -2.84. The molecule has 0 aliphatic rings. The lowest BCUT2D eigenvalue weighted by atomic mass is 10.2. The third-order valence-electron chi connectivity index (χ3n) is 2.12. The number of carbonyl (C=O) groups excluding carboxylic acids is 1. The van der Waals surface area contributed by atoms with E-state index in [-0.39, 0.29) is 17.9 Å². The van der Waals surface area contributed by atoms with Crippen molar-refractivity contribution in [2.45, 2.75) is 6.92 Å². The van der Waals surface area contributed by atoms with E-state index in [1.54, 1.807) is 6.92 Å². The van der Waals surface area contributed by atoms with Gasteiger partial charge in [-0.2, -0.15) is 5.10 Å². The number of rotatable bonds is 5. The van der Waals surface area contributed by atoms with E-state index in [9.17, 15) is 20.0 Å². The average molecular weight is 282 g/mol. The molecule has 0 saturated carbocycles. The number of benzene rings is 1. The van der Waals surface area contributed by atoms with Gasteiger partial charge in [-0.15, -0.1) is 0 Å². The summed E-state index contributed by atoms with van der Waals surface area (Å²) in [4.78, 5) is 20.9. The molecule has 9 nitrogen and oxygen atoms in total. The molecule has 0 aromatic heterocycles. The van der Waals surface area contributed by atoms with Gasteiger partial charge in [0.2, 0.25) is 0 Å². The van der Waals surface area contributed by atoms with Crippen LogP contribution in [0.2, 0.25) is 0 Å². The van der Waals surface area contributed by atoms with Crippen LogP contribution in [0.25, 0.3) is 0 Å². The van der Waals surface area contributed by atoms with E-state index in [0.29, 0.717) is 0 Å². The van der Waals surface area contributed by atoms with Crippen molar-refractivity contribution >= 4 is 18.0 Å². The Morgan fingerprint density at radius 2 is 2.25 bits per heavy atom. The Morgan fingerprint density at radius 3 is 2.80 bits per heavy atom. The van der Waals surface area contributed by atoms with E-state index >= 15 is 0 Å². The molecular weight excluding hydrogens is 270 g/mol. The van der Waals surface area contributed by atoms with E-state index in [1.807, 2.05) is 0 Å². The van der Waals surface area contributed by atoms with Gasteiger partial charge < -0.3 is 14.6 Å². The standard InChI is InChI=1S/C11H13N3O6/c1-3-20-11(16)13-12-6-7-4-8(14(17)18)10(15)9(5-7)19-2/h4-6,15H,3H2,1-2H3,(H,13,16)/p-1/b12-6+. The minimum Gasteiger partial charge on any atom is -0.865 e. The lowest BCUT2D eigenvalue weighted by molar-refractivity contribution is -0.398. The van der Waals surface area contributed by atoms with Gasteiger partial charge in [-0.25, -0.2) is 10.2 Å². The summed E-state index contributed by atoms with van der Waals surface area (Å²) in [5.74, 6) is -1.01. The molecule has 0 atom stereocenters. The minimum absolute atomic E-state index is 0.184. The first-order chi connectivity index (χ1) is 9.49. The van der Waals surface area contributed by atoms with Crippen LogP contribution in [0, 0.1) is 10.1 Å². The first-order valence-corrected chi connectivity index (χ1v) is 5.48. The number of nitro benzene ring substituents is 1. The predicted molar refractivity (Wildman–Crippen MR) is 66.8 cm³/mol. The zero-order valence-corrected chi connectivity index (χ0v) is 10.8. The average Bonchev–Trinajstić information content (AvgIpc) is 2.40. The van der Waals surface area contributed by atoms with Crippen LogP contribution in [0.1, 0.15) is 12.5 Å². The van der Waals surface area contributed by atoms with Gasteiger partial charge in [-0.1, -0.05) is 0 Å². The predicted octanol–water partition coefficient (Wildman–Crippen LogP) is 0.757. The minimum atomic E-state index is -0.826. The fourth-order valence-electron chi connectivity index (χ4n) is 1.29. The molecule has 0 aliphatic carbocycles. The van der Waals surface area contributed by atoms with Crippen molar-refractivity contribution in [3.8, 4) is 11.5 Å². The van der Waals surface area contributed by atoms with E-state index < -0.39 is 22.5 Å². The topological polar surface area (TPSA) is 126 Å². The van der Waals surface area contributed by atoms with E-state index in [1.165, 1.54) is 13.2 Å². The van der Waals surface area contributed by atoms with Crippen LogP contribution in [0.3, 0.4) is 0 Å². The number of hydrazone groups is 1. The number of methoxy groups -OCH3 is 1. The van der Waals surface area contributed by atoms with Crippen molar-refractivity contribution in [2.75, 3.05) is 13.7 Å². The second kappa shape index (κ2) is 6.92. The Morgan fingerprint density at radius 1 is 1.55 bits per heavy atom. The molecule has 9 heteroatoms. The molecule has 0 saturated heterocycles. The summed E-state index contributed by atoms with van der Waals surface area (Å²) in [6, 6.07) is 2.30. The number of nitrogens with one attached hydrogen (secondary N) is 1. The molecule has 1 aromatic rings. The number of hydrogen-bond donors (Lipinski definition) is 1. The smallest absolute Gasteiger partial charge is 0.427 e. The number of nitro groups is 1. The zero-order chi connectivity index (χ0) is 15.1. The molecule has 0 bridgehead atoms. The molecule has 0 unspecified atom stereocenters. The monoisotopic (exact) mass is 282 g/mol. The maximum atomic E-state index is 11.6. The summed E-state index contributed by atoms with van der Waals surface area (Å²) < 4.78 is 9.31. The van der Waals surface area contributed by atoms with Gasteiger partial charge in [-0.3, -0.25) is 10.1 Å². The Bertz CT molecular complexity index is 543. The largest absolute Gasteiger partial charge is 0.865 e. The number of nitrogens with zero attached hydrogens (tertiary/aromatic N) is 2. The summed E-state index contributed by atoms with van der Waals surface area (Å²) >= 11 is 0. The zero-order valence-electron chi connectivity index (χ0n) is 10.8. The van der Waals surface area contributed by atoms with Crippen LogP contribution in [0.4, 0.5) is 10.5 Å². The van der Waals surface area contributed by atoms with Gasteiger partial charge in [0.1, 0.15) is 5.75 Å². The van der Waals surface area contributed by atoms with E-state index in [2.05, 4.69) is 15.3 Å². The van der Waals surface area contributed by atoms with Crippen molar-refractivity contribution in [1.82, 2.24) is 5.43 Å². The molecular formula is C11H12N3O6-. The maximum Gasteiger partial charge on any atom is 0.427 e. The summed E-state index contributed by atoms with van der Waals surface area (Å²) in [7, 11) is 1.22. The number of amides is 1. The van der Waals surface area contributed by atoms with Crippen LogP contribution >= 0.6 is 0 Å². The lowest BCUT2D eigenvalue weighted by Gasteiger charge is -2.12. The quantitative estimate of drug-likeness (QED) is 0.482. The summed E-state index contributed by atoms with van der Waals surface area (Å²) in [6.45, 7) is 1.82. The fraction of sp³-hybridized carbons (Fsp3) is 0.273. The molecule has 20 heavy (non-hydrogen) atoms. The molecule has 1 N–H and O–H groups in total. The van der Waals surface area contributed by atoms with Crippen molar-refractivity contribution < 1.29 is 24.3 Å². The SMILES string of the molecule is CCOC(=O)N/N=C/c1cc(OC)c([O-])c([N+](=O)[O-])c1. The normalized spacial score (nSPS) is 10.3. The van der Waals surface area contributed by atoms with Gasteiger partial charge in [0.15, 0.2) is 0 Å². The lowest BCUT2D eigenvalue weighted by Crippen LogP contribution is -2.18. The fourth-order valence-corrected chi connectivity index (χ4v) is 1.29. The van der Waals surface area contributed by atoms with Crippen molar-refractivity contribution in [3.05, 3.63) is 27.8 Å². The highest BCUT2D eigenvalue weighted by molar-refractivity contribution is 5.83. The maximum absolute atomic E-state index is 11.6. The van der Waals surface area contributed by atoms with Crippen LogP contribution in [-0.2, 0) is 4.74 Å². The van der Waals surface area contributed by atoms with Crippen molar-refractivity contribution in [1.29, 1.82) is 0 Å². The molecule has 0 heterocycles. The summed E-state index contributed by atoms with van der Waals surface area (Å²) in [6.07, 6.45) is 0.372. The molecule has 0 spiro atoms. The van der Waals surface area contributed by atoms with E-state index in [0.717, 1.165) is 12.3 Å². The van der Waals surface area contributed by atoms with Gasteiger partial charge in [0, 0.05) is 17.4 Å². The van der Waals surface area contributed by atoms with Crippen LogP contribution in [0.15, 0.2) is 17.2 Å². The number of ether oxygens (including phenoxy) is 2. The summed E-state index contributed by atoms with van der Waals surface area (Å²) in [5, 5.41) is 25.8. The Kier molecular flexibility index (Phi) is 5.27. The molecule has 0 fully saturated rings. The first kappa shape index (κ1) is 15.2. The van der Waals surface area contributed by atoms with E-state index in [4.69, 9.17) is 4.74 Å². The highest BCUT2D eigenvalue weighted by Gasteiger charge is 2.12. The van der Waals surface area contributed by atoms with Crippen LogP contribution in [-0.4, -0.2) is 30.9 Å². The van der Waals surface area contributed by atoms with Gasteiger partial charge >= 0.3 is 6.09 Å².